The van der Waals surface area contributed by atoms with Crippen LogP contribution in [0.25, 0.3) is 0 Å². The molecule has 24 heavy (non-hydrogen) atoms. The summed E-state index contributed by atoms with van der Waals surface area (Å²) < 4.78 is 11.4. The molecule has 4 heterocycles. The molecule has 5 nitrogen and oxygen atoms in total. The highest BCUT2D eigenvalue weighted by atomic mass is 16.5. The first-order valence-electron chi connectivity index (χ1n) is 9.40. The lowest BCUT2D eigenvalue weighted by Gasteiger charge is -2.38. The van der Waals surface area contributed by atoms with E-state index in [1.165, 1.54) is 5.56 Å². The molecule has 3 fully saturated rings. The van der Waals surface area contributed by atoms with Gasteiger partial charge in [-0.05, 0) is 44.1 Å². The van der Waals surface area contributed by atoms with Crippen LogP contribution in [0, 0.1) is 5.92 Å². The molecular formula is C19H28N2O3. The average molecular weight is 332 g/mol. The third-order valence-electron chi connectivity index (χ3n) is 6.00. The second-order valence-electron chi connectivity index (χ2n) is 7.71. The number of carbonyl (C=O) groups is 1. The van der Waals surface area contributed by atoms with Gasteiger partial charge >= 0.3 is 0 Å². The van der Waals surface area contributed by atoms with Crippen molar-refractivity contribution in [3.8, 4) is 0 Å². The van der Waals surface area contributed by atoms with Gasteiger partial charge in [-0.1, -0.05) is 6.92 Å². The Morgan fingerprint density at radius 1 is 1.17 bits per heavy atom. The standard InChI is InChI=1S/C19H28N2O3/c1-14-4-8-20(9-5-14)19(22)18-3-2-16-17(24-18)6-10-21(16)12-15-7-11-23-13-15/h7,11,13-14,16-18H,2-6,8-10,12H2,1H3/t16-,17-,18-/m1/s1. The SMILES string of the molecule is CC1CCN(C(=O)[C@H]2CC[C@@H]3[C@@H](CCN3Cc3ccoc3)O2)CC1. The van der Waals surface area contributed by atoms with E-state index in [0.29, 0.717) is 6.04 Å². The molecule has 1 aromatic rings. The summed E-state index contributed by atoms with van der Waals surface area (Å²) in [6.07, 6.45) is 8.75. The molecule has 0 N–H and O–H groups in total. The van der Waals surface area contributed by atoms with Crippen LogP contribution < -0.4 is 0 Å². The molecule has 0 radical (unpaired) electrons. The van der Waals surface area contributed by atoms with Crippen molar-refractivity contribution in [2.45, 2.75) is 63.8 Å². The summed E-state index contributed by atoms with van der Waals surface area (Å²) >= 11 is 0. The van der Waals surface area contributed by atoms with Crippen LogP contribution in [-0.4, -0.2) is 53.6 Å². The van der Waals surface area contributed by atoms with Gasteiger partial charge < -0.3 is 14.1 Å². The van der Waals surface area contributed by atoms with Crippen LogP contribution in [0.1, 0.15) is 44.6 Å². The summed E-state index contributed by atoms with van der Waals surface area (Å²) in [4.78, 5) is 17.3. The summed E-state index contributed by atoms with van der Waals surface area (Å²) in [5, 5.41) is 0. The van der Waals surface area contributed by atoms with E-state index in [1.54, 1.807) is 6.26 Å². The zero-order valence-electron chi connectivity index (χ0n) is 14.5. The number of rotatable bonds is 3. The summed E-state index contributed by atoms with van der Waals surface area (Å²) in [5.74, 6) is 0.977. The number of likely N-dealkylation sites (tertiary alicyclic amines) is 2. The van der Waals surface area contributed by atoms with Crippen molar-refractivity contribution < 1.29 is 13.9 Å². The first-order valence-corrected chi connectivity index (χ1v) is 9.40. The summed E-state index contributed by atoms with van der Waals surface area (Å²) in [7, 11) is 0. The van der Waals surface area contributed by atoms with Gasteiger partial charge in [0.15, 0.2) is 0 Å². The Morgan fingerprint density at radius 2 is 2.00 bits per heavy atom. The van der Waals surface area contributed by atoms with Gasteiger partial charge in [0.1, 0.15) is 6.10 Å². The molecule has 3 atom stereocenters. The van der Waals surface area contributed by atoms with E-state index in [4.69, 9.17) is 9.15 Å². The fourth-order valence-electron chi connectivity index (χ4n) is 4.44. The Morgan fingerprint density at radius 3 is 2.75 bits per heavy atom. The largest absolute Gasteiger partial charge is 0.472 e. The number of nitrogens with zero attached hydrogens (tertiary/aromatic N) is 2. The van der Waals surface area contributed by atoms with Crippen LogP contribution in [0.5, 0.6) is 0 Å². The highest BCUT2D eigenvalue weighted by molar-refractivity contribution is 5.81. The summed E-state index contributed by atoms with van der Waals surface area (Å²) in [6, 6.07) is 2.48. The fraction of sp³-hybridized carbons (Fsp3) is 0.737. The third-order valence-corrected chi connectivity index (χ3v) is 6.00. The molecular weight excluding hydrogens is 304 g/mol. The molecule has 0 aromatic carbocycles. The Bertz CT molecular complexity index is 551. The molecule has 3 aliphatic heterocycles. The van der Waals surface area contributed by atoms with Crippen molar-refractivity contribution in [1.29, 1.82) is 0 Å². The average Bonchev–Trinajstić information content (AvgIpc) is 3.25. The Kier molecular flexibility index (Phi) is 4.63. The predicted molar refractivity (Wildman–Crippen MR) is 90.4 cm³/mol. The van der Waals surface area contributed by atoms with Gasteiger partial charge in [-0.15, -0.1) is 0 Å². The molecule has 3 saturated heterocycles. The van der Waals surface area contributed by atoms with Crippen LogP contribution in [0.4, 0.5) is 0 Å². The van der Waals surface area contributed by atoms with Crippen molar-refractivity contribution in [2.75, 3.05) is 19.6 Å². The van der Waals surface area contributed by atoms with E-state index in [1.807, 2.05) is 17.2 Å². The topological polar surface area (TPSA) is 45.9 Å². The molecule has 0 spiro atoms. The predicted octanol–water partition coefficient (Wildman–Crippen LogP) is 2.66. The van der Waals surface area contributed by atoms with E-state index in [0.717, 1.165) is 64.2 Å². The number of hydrogen-bond acceptors (Lipinski definition) is 4. The highest BCUT2D eigenvalue weighted by Crippen LogP contribution is 2.33. The minimum atomic E-state index is -0.214. The zero-order chi connectivity index (χ0) is 16.5. The first-order chi connectivity index (χ1) is 11.7. The number of carbonyl (C=O) groups excluding carboxylic acids is 1. The van der Waals surface area contributed by atoms with Gasteiger partial charge in [0.05, 0.1) is 18.6 Å². The van der Waals surface area contributed by atoms with Gasteiger partial charge in [0.25, 0.3) is 5.91 Å². The van der Waals surface area contributed by atoms with Crippen LogP contribution in [-0.2, 0) is 16.1 Å². The van der Waals surface area contributed by atoms with Crippen molar-refractivity contribution in [3.05, 3.63) is 24.2 Å². The molecule has 5 heteroatoms. The van der Waals surface area contributed by atoms with Crippen molar-refractivity contribution in [3.63, 3.8) is 0 Å². The number of piperidine rings is 1. The fourth-order valence-corrected chi connectivity index (χ4v) is 4.44. The number of amides is 1. The molecule has 0 saturated carbocycles. The molecule has 132 valence electrons. The minimum Gasteiger partial charge on any atom is -0.472 e. The van der Waals surface area contributed by atoms with Crippen LogP contribution >= 0.6 is 0 Å². The van der Waals surface area contributed by atoms with Gasteiger partial charge in [0.2, 0.25) is 0 Å². The maximum Gasteiger partial charge on any atom is 0.251 e. The lowest BCUT2D eigenvalue weighted by atomic mass is 9.96. The van der Waals surface area contributed by atoms with Gasteiger partial charge in [-0.2, -0.15) is 0 Å². The quantitative estimate of drug-likeness (QED) is 0.854. The van der Waals surface area contributed by atoms with E-state index in [9.17, 15) is 4.79 Å². The van der Waals surface area contributed by atoms with E-state index in [2.05, 4.69) is 11.8 Å². The van der Waals surface area contributed by atoms with Gasteiger partial charge in [0, 0.05) is 37.8 Å². The Hall–Kier alpha value is -1.33. The monoisotopic (exact) mass is 332 g/mol. The second kappa shape index (κ2) is 6.89. The van der Waals surface area contributed by atoms with E-state index < -0.39 is 0 Å². The van der Waals surface area contributed by atoms with Gasteiger partial charge in [-0.3, -0.25) is 9.69 Å². The molecule has 0 aliphatic carbocycles. The zero-order valence-corrected chi connectivity index (χ0v) is 14.5. The number of fused-ring (bicyclic) bond motifs is 1. The number of hydrogen-bond donors (Lipinski definition) is 0. The molecule has 1 aromatic heterocycles. The molecule has 1 amide bonds. The normalized spacial score (nSPS) is 32.0. The third kappa shape index (κ3) is 3.24. The van der Waals surface area contributed by atoms with Crippen LogP contribution in [0.15, 0.2) is 23.0 Å². The van der Waals surface area contributed by atoms with Crippen LogP contribution in [0.2, 0.25) is 0 Å². The van der Waals surface area contributed by atoms with Crippen LogP contribution in [0.3, 0.4) is 0 Å². The first kappa shape index (κ1) is 16.2. The second-order valence-corrected chi connectivity index (χ2v) is 7.71. The van der Waals surface area contributed by atoms with E-state index >= 15 is 0 Å². The Labute approximate surface area is 143 Å². The van der Waals surface area contributed by atoms with Gasteiger partial charge in [-0.25, -0.2) is 0 Å². The number of ether oxygens (including phenoxy) is 1. The minimum absolute atomic E-state index is 0.211. The summed E-state index contributed by atoms with van der Waals surface area (Å²) in [5.41, 5.74) is 1.22. The van der Waals surface area contributed by atoms with E-state index in [-0.39, 0.29) is 18.1 Å². The smallest absolute Gasteiger partial charge is 0.251 e. The highest BCUT2D eigenvalue weighted by Gasteiger charge is 2.42. The molecule has 0 unspecified atom stereocenters. The number of furan rings is 1. The Balaban J connectivity index is 1.33. The maximum absolute atomic E-state index is 12.8. The lowest BCUT2D eigenvalue weighted by Crippen LogP contribution is -2.50. The molecule has 3 aliphatic rings. The van der Waals surface area contributed by atoms with Crippen molar-refractivity contribution >= 4 is 5.91 Å². The molecule has 0 bridgehead atoms. The summed E-state index contributed by atoms with van der Waals surface area (Å²) in [6.45, 7) is 6.05. The lowest BCUT2D eigenvalue weighted by molar-refractivity contribution is -0.155. The van der Waals surface area contributed by atoms with Crippen molar-refractivity contribution in [2.24, 2.45) is 5.92 Å². The molecule has 4 rings (SSSR count). The maximum atomic E-state index is 12.8. The van der Waals surface area contributed by atoms with Crippen molar-refractivity contribution in [1.82, 2.24) is 9.80 Å².